The van der Waals surface area contributed by atoms with E-state index >= 15 is 0 Å². The SMILES string of the molecule is O=C(CCCCCCCCCCOCCCCO)N/N=C/c1cccnc1. The summed E-state index contributed by atoms with van der Waals surface area (Å²) in [6.45, 7) is 1.86. The monoisotopic (exact) mass is 377 g/mol. The van der Waals surface area contributed by atoms with Crippen molar-refractivity contribution in [2.75, 3.05) is 19.8 Å². The number of aliphatic hydroxyl groups excluding tert-OH is 1. The number of nitrogens with one attached hydrogen (secondary N) is 1. The van der Waals surface area contributed by atoms with Crippen molar-refractivity contribution < 1.29 is 14.6 Å². The van der Waals surface area contributed by atoms with Gasteiger partial charge >= 0.3 is 0 Å². The number of carbonyl (C=O) groups excluding carboxylic acids is 1. The van der Waals surface area contributed by atoms with Gasteiger partial charge in [-0.25, -0.2) is 5.43 Å². The Labute approximate surface area is 163 Å². The molecule has 0 aliphatic heterocycles. The lowest BCUT2D eigenvalue weighted by molar-refractivity contribution is -0.121. The van der Waals surface area contributed by atoms with Gasteiger partial charge < -0.3 is 9.84 Å². The average Bonchev–Trinajstić information content (AvgIpc) is 2.69. The molecule has 0 aromatic carbocycles. The van der Waals surface area contributed by atoms with E-state index in [1.54, 1.807) is 18.6 Å². The van der Waals surface area contributed by atoms with Crippen LogP contribution in [-0.4, -0.2) is 42.0 Å². The van der Waals surface area contributed by atoms with Gasteiger partial charge in [0.15, 0.2) is 0 Å². The molecule has 0 fully saturated rings. The topological polar surface area (TPSA) is 83.8 Å². The van der Waals surface area contributed by atoms with Gasteiger partial charge in [0.2, 0.25) is 5.91 Å². The number of carbonyl (C=O) groups is 1. The summed E-state index contributed by atoms with van der Waals surface area (Å²) < 4.78 is 5.51. The van der Waals surface area contributed by atoms with Crippen molar-refractivity contribution in [1.82, 2.24) is 10.4 Å². The highest BCUT2D eigenvalue weighted by Gasteiger charge is 1.99. The van der Waals surface area contributed by atoms with Crippen molar-refractivity contribution in [3.05, 3.63) is 30.1 Å². The van der Waals surface area contributed by atoms with Crippen molar-refractivity contribution in [3.63, 3.8) is 0 Å². The molecular formula is C21H35N3O3. The highest BCUT2D eigenvalue weighted by atomic mass is 16.5. The van der Waals surface area contributed by atoms with Gasteiger partial charge in [-0.1, -0.05) is 44.6 Å². The molecule has 1 heterocycles. The number of unbranched alkanes of at least 4 members (excludes halogenated alkanes) is 8. The normalized spacial score (nSPS) is 11.1. The van der Waals surface area contributed by atoms with Crippen LogP contribution in [0.15, 0.2) is 29.6 Å². The van der Waals surface area contributed by atoms with Crippen molar-refractivity contribution in [2.45, 2.75) is 70.6 Å². The molecular weight excluding hydrogens is 342 g/mol. The first kappa shape index (κ1) is 23.2. The third-order valence-corrected chi connectivity index (χ3v) is 4.23. The molecule has 0 saturated carbocycles. The van der Waals surface area contributed by atoms with Crippen LogP contribution in [0.2, 0.25) is 0 Å². The van der Waals surface area contributed by atoms with E-state index in [0.29, 0.717) is 6.42 Å². The Morgan fingerprint density at radius 1 is 1.04 bits per heavy atom. The van der Waals surface area contributed by atoms with E-state index in [4.69, 9.17) is 9.84 Å². The van der Waals surface area contributed by atoms with E-state index in [9.17, 15) is 4.79 Å². The first-order chi connectivity index (χ1) is 13.3. The number of pyridine rings is 1. The Morgan fingerprint density at radius 3 is 2.37 bits per heavy atom. The number of aliphatic hydroxyl groups is 1. The molecule has 152 valence electrons. The molecule has 1 rings (SSSR count). The molecule has 0 spiro atoms. The van der Waals surface area contributed by atoms with Crippen LogP contribution in [0.3, 0.4) is 0 Å². The molecule has 1 amide bonds. The second kappa shape index (κ2) is 17.6. The third-order valence-electron chi connectivity index (χ3n) is 4.23. The molecule has 0 atom stereocenters. The van der Waals surface area contributed by atoms with Crippen molar-refractivity contribution in [3.8, 4) is 0 Å². The molecule has 0 saturated heterocycles. The fraction of sp³-hybridized carbons (Fsp3) is 0.667. The minimum atomic E-state index is -0.0332. The molecule has 0 radical (unpaired) electrons. The number of rotatable bonds is 17. The van der Waals surface area contributed by atoms with Crippen LogP contribution in [0.5, 0.6) is 0 Å². The van der Waals surface area contributed by atoms with E-state index in [2.05, 4.69) is 15.5 Å². The smallest absolute Gasteiger partial charge is 0.240 e. The van der Waals surface area contributed by atoms with Crippen LogP contribution < -0.4 is 5.43 Å². The van der Waals surface area contributed by atoms with Gasteiger partial charge in [0.05, 0.1) is 6.21 Å². The Kier molecular flexibility index (Phi) is 15.2. The third kappa shape index (κ3) is 15.0. The maximum atomic E-state index is 11.7. The van der Waals surface area contributed by atoms with Gasteiger partial charge in [-0.15, -0.1) is 0 Å². The fourth-order valence-corrected chi connectivity index (χ4v) is 2.66. The van der Waals surface area contributed by atoms with Crippen LogP contribution in [0.25, 0.3) is 0 Å². The second-order valence-corrected chi connectivity index (χ2v) is 6.70. The van der Waals surface area contributed by atoms with Gasteiger partial charge in [-0.3, -0.25) is 9.78 Å². The molecule has 27 heavy (non-hydrogen) atoms. The summed E-state index contributed by atoms with van der Waals surface area (Å²) >= 11 is 0. The number of hydrazone groups is 1. The summed E-state index contributed by atoms with van der Waals surface area (Å²) in [6, 6.07) is 3.72. The maximum Gasteiger partial charge on any atom is 0.240 e. The molecule has 2 N–H and O–H groups in total. The average molecular weight is 378 g/mol. The number of aromatic nitrogens is 1. The molecule has 0 aliphatic carbocycles. The molecule has 0 unspecified atom stereocenters. The first-order valence-electron chi connectivity index (χ1n) is 10.2. The number of hydrogen-bond donors (Lipinski definition) is 2. The first-order valence-corrected chi connectivity index (χ1v) is 10.2. The van der Waals surface area contributed by atoms with Crippen LogP contribution in [0.1, 0.15) is 76.2 Å². The van der Waals surface area contributed by atoms with Gasteiger partial charge in [0.25, 0.3) is 0 Å². The number of nitrogens with zero attached hydrogens (tertiary/aromatic N) is 2. The Balaban J connectivity index is 1.82. The van der Waals surface area contributed by atoms with Crippen LogP contribution in [-0.2, 0) is 9.53 Å². The Morgan fingerprint density at radius 2 is 1.70 bits per heavy atom. The predicted octanol–water partition coefficient (Wildman–Crippen LogP) is 3.83. The van der Waals surface area contributed by atoms with Gasteiger partial charge in [-0.2, -0.15) is 5.10 Å². The highest BCUT2D eigenvalue weighted by Crippen LogP contribution is 2.10. The minimum Gasteiger partial charge on any atom is -0.396 e. The van der Waals surface area contributed by atoms with E-state index in [0.717, 1.165) is 50.9 Å². The molecule has 6 nitrogen and oxygen atoms in total. The van der Waals surface area contributed by atoms with E-state index < -0.39 is 0 Å². The van der Waals surface area contributed by atoms with Crippen molar-refractivity contribution >= 4 is 12.1 Å². The Bertz CT molecular complexity index is 495. The van der Waals surface area contributed by atoms with Gasteiger partial charge in [-0.05, 0) is 31.7 Å². The molecule has 1 aromatic rings. The minimum absolute atomic E-state index is 0.0332. The van der Waals surface area contributed by atoms with E-state index in [-0.39, 0.29) is 12.5 Å². The zero-order chi connectivity index (χ0) is 19.4. The summed E-state index contributed by atoms with van der Waals surface area (Å²) in [4.78, 5) is 15.7. The second-order valence-electron chi connectivity index (χ2n) is 6.70. The quantitative estimate of drug-likeness (QED) is 0.245. The van der Waals surface area contributed by atoms with Gasteiger partial charge in [0.1, 0.15) is 0 Å². The van der Waals surface area contributed by atoms with Crippen LogP contribution in [0.4, 0.5) is 0 Å². The highest BCUT2D eigenvalue weighted by molar-refractivity contribution is 5.81. The summed E-state index contributed by atoms with van der Waals surface area (Å²) in [6.07, 6.45) is 16.6. The summed E-state index contributed by atoms with van der Waals surface area (Å²) in [5, 5.41) is 12.6. The number of ether oxygens (including phenoxy) is 1. The summed E-state index contributed by atoms with van der Waals surface area (Å²) in [5.74, 6) is -0.0332. The number of amides is 1. The van der Waals surface area contributed by atoms with Gasteiger partial charge in [0, 0.05) is 44.2 Å². The molecule has 0 aliphatic rings. The number of hydrogen-bond acceptors (Lipinski definition) is 5. The molecule has 6 heteroatoms. The lowest BCUT2D eigenvalue weighted by atomic mass is 10.1. The van der Waals surface area contributed by atoms with E-state index in [1.807, 2.05) is 12.1 Å². The summed E-state index contributed by atoms with van der Waals surface area (Å²) in [7, 11) is 0. The zero-order valence-electron chi connectivity index (χ0n) is 16.4. The fourth-order valence-electron chi connectivity index (χ4n) is 2.66. The standard InChI is InChI=1S/C21H35N3O3/c25-15-8-10-17-27-16-9-6-4-2-1-3-5-7-13-21(26)24-23-19-20-12-11-14-22-18-20/h11-12,14,18-19,25H,1-10,13,15-17H2,(H,24,26)/b23-19+. The Hall–Kier alpha value is -1.79. The van der Waals surface area contributed by atoms with E-state index in [1.165, 1.54) is 32.1 Å². The van der Waals surface area contributed by atoms with Crippen LogP contribution in [0, 0.1) is 0 Å². The zero-order valence-corrected chi connectivity index (χ0v) is 16.4. The van der Waals surface area contributed by atoms with Crippen molar-refractivity contribution in [2.24, 2.45) is 5.10 Å². The largest absolute Gasteiger partial charge is 0.396 e. The molecule has 1 aromatic heterocycles. The molecule has 0 bridgehead atoms. The van der Waals surface area contributed by atoms with Crippen molar-refractivity contribution in [1.29, 1.82) is 0 Å². The lowest BCUT2D eigenvalue weighted by Gasteiger charge is -2.04. The maximum absolute atomic E-state index is 11.7. The predicted molar refractivity (Wildman–Crippen MR) is 109 cm³/mol. The lowest BCUT2D eigenvalue weighted by Crippen LogP contribution is -2.16. The summed E-state index contributed by atoms with van der Waals surface area (Å²) in [5.41, 5.74) is 3.42. The van der Waals surface area contributed by atoms with Crippen LogP contribution >= 0.6 is 0 Å².